The lowest BCUT2D eigenvalue weighted by Gasteiger charge is -2.22. The highest BCUT2D eigenvalue weighted by molar-refractivity contribution is 7.94. The van der Waals surface area contributed by atoms with Crippen LogP contribution in [0, 0.1) is 13.8 Å². The fraction of sp³-hybridized carbons (Fsp3) is 0.0952. The van der Waals surface area contributed by atoms with E-state index in [1.54, 1.807) is 26.0 Å². The molecule has 0 aliphatic rings. The Bertz CT molecular complexity index is 1300. The second kappa shape index (κ2) is 8.07. The van der Waals surface area contributed by atoms with Crippen LogP contribution in [0.15, 0.2) is 76.2 Å². The third-order valence-corrected chi connectivity index (χ3v) is 5.96. The second-order valence-electron chi connectivity index (χ2n) is 6.69. The maximum atomic E-state index is 13.2. The van der Waals surface area contributed by atoms with Crippen molar-refractivity contribution in [1.29, 1.82) is 0 Å². The Morgan fingerprint density at radius 1 is 1.00 bits per heavy atom. The molecule has 0 fully saturated rings. The standard InChI is InChI=1S/C21H18N4O5S/c1-14-15(2)23-30-20(14)24-31(27,28)25(21(26)19-12-29-13-22-19)18-10-8-17(9-11-18)16-6-4-3-5-7-16/h3-13,24H,1-2H3. The van der Waals surface area contributed by atoms with Gasteiger partial charge in [-0.05, 0) is 37.1 Å². The molecule has 0 spiro atoms. The average molecular weight is 438 g/mol. The number of carbonyl (C=O) groups is 1. The Hall–Kier alpha value is -3.92. The molecule has 1 amide bonds. The van der Waals surface area contributed by atoms with Crippen molar-refractivity contribution >= 4 is 27.7 Å². The third-order valence-electron chi connectivity index (χ3n) is 4.66. The Morgan fingerprint density at radius 3 is 2.26 bits per heavy atom. The van der Waals surface area contributed by atoms with Gasteiger partial charge in [-0.25, -0.2) is 9.71 Å². The molecule has 0 saturated heterocycles. The lowest BCUT2D eigenvalue weighted by molar-refractivity contribution is 0.100. The molecule has 0 aliphatic carbocycles. The molecule has 0 unspecified atom stereocenters. The van der Waals surface area contributed by atoms with Crippen molar-refractivity contribution in [2.24, 2.45) is 0 Å². The Kier molecular flexibility index (Phi) is 5.30. The predicted molar refractivity (Wildman–Crippen MR) is 114 cm³/mol. The number of aromatic nitrogens is 2. The van der Waals surface area contributed by atoms with Crippen LogP contribution in [0.2, 0.25) is 0 Å². The van der Waals surface area contributed by atoms with Gasteiger partial charge in [0.05, 0.1) is 11.4 Å². The van der Waals surface area contributed by atoms with Crippen LogP contribution in [0.25, 0.3) is 11.1 Å². The maximum Gasteiger partial charge on any atom is 0.333 e. The van der Waals surface area contributed by atoms with Crippen LogP contribution in [0.5, 0.6) is 0 Å². The molecule has 2 aromatic heterocycles. The van der Waals surface area contributed by atoms with E-state index >= 15 is 0 Å². The quantitative estimate of drug-likeness (QED) is 0.484. The molecule has 158 valence electrons. The molecule has 0 radical (unpaired) electrons. The molecule has 4 rings (SSSR count). The summed E-state index contributed by atoms with van der Waals surface area (Å²) in [5.41, 5.74) is 2.82. The lowest BCUT2D eigenvalue weighted by Crippen LogP contribution is -2.41. The average Bonchev–Trinajstić information content (AvgIpc) is 3.41. The minimum Gasteiger partial charge on any atom is -0.451 e. The number of carbonyl (C=O) groups excluding carboxylic acids is 1. The van der Waals surface area contributed by atoms with Crippen LogP contribution in [0.3, 0.4) is 0 Å². The van der Waals surface area contributed by atoms with Gasteiger partial charge in [-0.3, -0.25) is 4.79 Å². The van der Waals surface area contributed by atoms with Gasteiger partial charge in [-0.2, -0.15) is 12.7 Å². The second-order valence-corrected chi connectivity index (χ2v) is 8.20. The van der Waals surface area contributed by atoms with Gasteiger partial charge in [0.25, 0.3) is 5.91 Å². The van der Waals surface area contributed by atoms with Gasteiger partial charge in [0.1, 0.15) is 6.26 Å². The summed E-state index contributed by atoms with van der Waals surface area (Å²) in [6.07, 6.45) is 2.13. The highest BCUT2D eigenvalue weighted by Gasteiger charge is 2.33. The summed E-state index contributed by atoms with van der Waals surface area (Å²) in [4.78, 5) is 16.8. The molecule has 2 aromatic carbocycles. The number of rotatable bonds is 6. The number of aryl methyl sites for hydroxylation is 1. The molecular formula is C21H18N4O5S. The zero-order chi connectivity index (χ0) is 22.0. The Morgan fingerprint density at radius 2 is 1.68 bits per heavy atom. The largest absolute Gasteiger partial charge is 0.451 e. The summed E-state index contributed by atoms with van der Waals surface area (Å²) < 4.78 is 39.2. The van der Waals surface area contributed by atoms with Gasteiger partial charge in [0, 0.05) is 5.56 Å². The van der Waals surface area contributed by atoms with Crippen LogP contribution >= 0.6 is 0 Å². The van der Waals surface area contributed by atoms with E-state index in [0.29, 0.717) is 15.6 Å². The zero-order valence-corrected chi connectivity index (χ0v) is 17.5. The van der Waals surface area contributed by atoms with E-state index in [-0.39, 0.29) is 17.3 Å². The van der Waals surface area contributed by atoms with E-state index in [1.807, 2.05) is 30.3 Å². The molecular weight excluding hydrogens is 420 g/mol. The number of nitrogens with zero attached hydrogens (tertiary/aromatic N) is 3. The Labute approximate surface area is 178 Å². The molecule has 31 heavy (non-hydrogen) atoms. The third kappa shape index (κ3) is 4.05. The molecule has 10 heteroatoms. The number of anilines is 2. The summed E-state index contributed by atoms with van der Waals surface area (Å²) in [7, 11) is -4.42. The first-order valence-electron chi connectivity index (χ1n) is 9.21. The summed E-state index contributed by atoms with van der Waals surface area (Å²) in [5.74, 6) is -0.959. The number of benzene rings is 2. The van der Waals surface area contributed by atoms with Gasteiger partial charge >= 0.3 is 10.2 Å². The van der Waals surface area contributed by atoms with E-state index in [1.165, 1.54) is 12.1 Å². The number of amides is 1. The molecule has 0 bridgehead atoms. The summed E-state index contributed by atoms with van der Waals surface area (Å²) in [6.45, 7) is 3.33. The maximum absolute atomic E-state index is 13.2. The zero-order valence-electron chi connectivity index (χ0n) is 16.6. The van der Waals surface area contributed by atoms with Crippen molar-refractivity contribution < 1.29 is 22.2 Å². The minimum atomic E-state index is -4.42. The van der Waals surface area contributed by atoms with E-state index in [9.17, 15) is 13.2 Å². The van der Waals surface area contributed by atoms with Crippen LogP contribution in [0.1, 0.15) is 21.7 Å². The van der Waals surface area contributed by atoms with Gasteiger partial charge in [-0.1, -0.05) is 47.6 Å². The molecule has 4 aromatic rings. The minimum absolute atomic E-state index is 0.0728. The number of oxazole rings is 1. The monoisotopic (exact) mass is 438 g/mol. The van der Waals surface area contributed by atoms with Gasteiger partial charge in [0.15, 0.2) is 12.1 Å². The summed E-state index contributed by atoms with van der Waals surface area (Å²) in [6, 6.07) is 16.1. The first-order chi connectivity index (χ1) is 14.9. The van der Waals surface area contributed by atoms with Crippen LogP contribution < -0.4 is 9.03 Å². The highest BCUT2D eigenvalue weighted by atomic mass is 32.2. The highest BCUT2D eigenvalue weighted by Crippen LogP contribution is 2.28. The van der Waals surface area contributed by atoms with Crippen LogP contribution in [0.4, 0.5) is 11.6 Å². The molecule has 0 saturated carbocycles. The fourth-order valence-electron chi connectivity index (χ4n) is 2.88. The Balaban J connectivity index is 1.74. The smallest absolute Gasteiger partial charge is 0.333 e. The lowest BCUT2D eigenvalue weighted by atomic mass is 10.1. The van der Waals surface area contributed by atoms with Gasteiger partial charge < -0.3 is 8.94 Å². The summed E-state index contributed by atoms with van der Waals surface area (Å²) >= 11 is 0. The van der Waals surface area contributed by atoms with E-state index in [4.69, 9.17) is 8.94 Å². The molecule has 0 atom stereocenters. The predicted octanol–water partition coefficient (Wildman–Crippen LogP) is 3.95. The van der Waals surface area contributed by atoms with Crippen molar-refractivity contribution in [3.8, 4) is 11.1 Å². The van der Waals surface area contributed by atoms with Crippen LogP contribution in [-0.2, 0) is 10.2 Å². The SMILES string of the molecule is Cc1noc(NS(=O)(=O)N(C(=O)c2cocn2)c2ccc(-c3ccccc3)cc2)c1C. The van der Waals surface area contributed by atoms with Crippen molar-refractivity contribution in [3.05, 3.63) is 84.2 Å². The first-order valence-corrected chi connectivity index (χ1v) is 10.6. The fourth-order valence-corrected chi connectivity index (χ4v) is 4.11. The van der Waals surface area contributed by atoms with Gasteiger partial charge in [-0.15, -0.1) is 0 Å². The molecule has 2 heterocycles. The molecule has 1 N–H and O–H groups in total. The molecule has 0 aliphatic heterocycles. The topological polar surface area (TPSA) is 119 Å². The number of hydrogen-bond donors (Lipinski definition) is 1. The normalized spacial score (nSPS) is 11.3. The van der Waals surface area contributed by atoms with Crippen molar-refractivity contribution in [1.82, 2.24) is 10.1 Å². The summed E-state index contributed by atoms with van der Waals surface area (Å²) in [5, 5.41) is 3.74. The van der Waals surface area contributed by atoms with Crippen LogP contribution in [-0.4, -0.2) is 24.5 Å². The van der Waals surface area contributed by atoms with E-state index in [0.717, 1.165) is 23.8 Å². The van der Waals surface area contributed by atoms with Crippen molar-refractivity contribution in [3.63, 3.8) is 0 Å². The number of nitrogens with one attached hydrogen (secondary N) is 1. The van der Waals surface area contributed by atoms with E-state index < -0.39 is 16.1 Å². The van der Waals surface area contributed by atoms with Crippen molar-refractivity contribution in [2.75, 3.05) is 9.03 Å². The number of hydrogen-bond acceptors (Lipinski definition) is 7. The van der Waals surface area contributed by atoms with Gasteiger partial charge in [0.2, 0.25) is 5.88 Å². The van der Waals surface area contributed by atoms with Crippen molar-refractivity contribution in [2.45, 2.75) is 13.8 Å². The first kappa shape index (κ1) is 20.4. The van der Waals surface area contributed by atoms with E-state index in [2.05, 4.69) is 14.9 Å². The molecule has 9 nitrogen and oxygen atoms in total.